The summed E-state index contributed by atoms with van der Waals surface area (Å²) in [6.07, 6.45) is 0.386. The molecule has 0 aliphatic heterocycles. The van der Waals surface area contributed by atoms with Gasteiger partial charge in [-0.05, 0) is 71.6 Å². The first-order chi connectivity index (χ1) is 19.1. The molecule has 3 aromatic carbocycles. The maximum Gasteiger partial charge on any atom is 0.255 e. The summed E-state index contributed by atoms with van der Waals surface area (Å²) in [6.45, 7) is 6.32. The van der Waals surface area contributed by atoms with Crippen molar-refractivity contribution in [3.63, 3.8) is 0 Å². The predicted molar refractivity (Wildman–Crippen MR) is 162 cm³/mol. The van der Waals surface area contributed by atoms with E-state index in [0.717, 1.165) is 22.5 Å². The summed E-state index contributed by atoms with van der Waals surface area (Å²) in [5, 5.41) is 15.7. The number of anilines is 2. The fraction of sp³-hybridized carbons (Fsp3) is 0.233. The number of nitrogens with one attached hydrogen (secondary N) is 4. The van der Waals surface area contributed by atoms with E-state index < -0.39 is 6.04 Å². The number of rotatable bonds is 10. The van der Waals surface area contributed by atoms with Gasteiger partial charge in [0.2, 0.25) is 11.0 Å². The zero-order valence-electron chi connectivity index (χ0n) is 22.5. The van der Waals surface area contributed by atoms with Gasteiger partial charge in [0, 0.05) is 16.8 Å². The number of ketones is 1. The molecule has 1 aromatic heterocycles. The molecular weight excluding hydrogens is 542 g/mol. The molecule has 206 valence electrons. The van der Waals surface area contributed by atoms with E-state index in [4.69, 9.17) is 12.2 Å². The number of hydrogen-bond acceptors (Lipinski definition) is 7. The van der Waals surface area contributed by atoms with Crippen molar-refractivity contribution < 1.29 is 14.4 Å². The molecule has 0 bridgehead atoms. The minimum absolute atomic E-state index is 0.00688. The minimum Gasteiger partial charge on any atom is -0.322 e. The van der Waals surface area contributed by atoms with Crippen molar-refractivity contribution in [3.05, 3.63) is 105 Å². The smallest absolute Gasteiger partial charge is 0.255 e. The molecule has 1 atom stereocenters. The van der Waals surface area contributed by atoms with E-state index in [2.05, 4.69) is 46.9 Å². The van der Waals surface area contributed by atoms with Crippen LogP contribution in [0.1, 0.15) is 52.6 Å². The van der Waals surface area contributed by atoms with Gasteiger partial charge in [0.25, 0.3) is 5.91 Å². The average molecular weight is 574 g/mol. The lowest BCUT2D eigenvalue weighted by molar-refractivity contribution is -0.118. The summed E-state index contributed by atoms with van der Waals surface area (Å²) in [4.78, 5) is 38.6. The standard InChI is InChI=1S/C30H31N5O3S2/c1-30(2,3)22-13-9-21(10-14-22)26(37)32-23-15-11-20(12-16-23)25(36)18-31-24(17-19-7-5-4-6-8-19)27(38)33-28-34-35-29(39)40-28/h4-16,24,31H,17-18H2,1-3H3,(H,32,37)(H,35,39)(H,33,34,38)/t24-/m0/s1. The Bertz CT molecular complexity index is 1520. The number of aromatic nitrogens is 2. The van der Waals surface area contributed by atoms with E-state index in [0.29, 0.717) is 32.3 Å². The first kappa shape index (κ1) is 29.0. The molecule has 1 heterocycles. The summed E-state index contributed by atoms with van der Waals surface area (Å²) in [5.41, 5.74) is 3.70. The molecule has 0 saturated heterocycles. The number of benzene rings is 3. The number of carbonyl (C=O) groups is 3. The second kappa shape index (κ2) is 12.9. The van der Waals surface area contributed by atoms with Gasteiger partial charge in [-0.25, -0.2) is 0 Å². The summed E-state index contributed by atoms with van der Waals surface area (Å²) in [7, 11) is 0. The van der Waals surface area contributed by atoms with E-state index in [9.17, 15) is 14.4 Å². The molecule has 2 amide bonds. The molecule has 0 fully saturated rings. The molecule has 10 heteroatoms. The molecule has 8 nitrogen and oxygen atoms in total. The largest absolute Gasteiger partial charge is 0.322 e. The average Bonchev–Trinajstić information content (AvgIpc) is 3.35. The highest BCUT2D eigenvalue weighted by atomic mass is 32.1. The van der Waals surface area contributed by atoms with Gasteiger partial charge >= 0.3 is 0 Å². The number of H-pyrrole nitrogens is 1. The fourth-order valence-electron chi connectivity index (χ4n) is 3.97. The summed E-state index contributed by atoms with van der Waals surface area (Å²) >= 11 is 6.19. The molecule has 0 aliphatic rings. The van der Waals surface area contributed by atoms with Crippen LogP contribution in [0.25, 0.3) is 0 Å². The zero-order valence-corrected chi connectivity index (χ0v) is 24.1. The predicted octanol–water partition coefficient (Wildman–Crippen LogP) is 5.77. The Kier molecular flexibility index (Phi) is 9.36. The quantitative estimate of drug-likeness (QED) is 0.141. The third kappa shape index (κ3) is 8.01. The molecule has 0 radical (unpaired) electrons. The van der Waals surface area contributed by atoms with Crippen LogP contribution in [-0.4, -0.2) is 40.4 Å². The van der Waals surface area contributed by atoms with Gasteiger partial charge in [-0.2, -0.15) is 0 Å². The third-order valence-electron chi connectivity index (χ3n) is 6.25. The highest BCUT2D eigenvalue weighted by molar-refractivity contribution is 7.73. The van der Waals surface area contributed by atoms with Crippen LogP contribution in [0.2, 0.25) is 0 Å². The van der Waals surface area contributed by atoms with Crippen LogP contribution in [0.3, 0.4) is 0 Å². The summed E-state index contributed by atoms with van der Waals surface area (Å²) in [6, 6.07) is 23.1. The van der Waals surface area contributed by atoms with Crippen molar-refractivity contribution in [1.82, 2.24) is 15.5 Å². The lowest BCUT2D eigenvalue weighted by Gasteiger charge is -2.19. The highest BCUT2D eigenvalue weighted by Crippen LogP contribution is 2.22. The van der Waals surface area contributed by atoms with Gasteiger partial charge in [0.05, 0.1) is 12.6 Å². The van der Waals surface area contributed by atoms with Crippen molar-refractivity contribution in [2.24, 2.45) is 0 Å². The monoisotopic (exact) mass is 573 g/mol. The first-order valence-corrected chi connectivity index (χ1v) is 14.0. The van der Waals surface area contributed by atoms with Gasteiger partial charge in [0.1, 0.15) is 0 Å². The van der Waals surface area contributed by atoms with E-state index in [1.165, 1.54) is 0 Å². The molecular formula is C30H31N5O3S2. The molecule has 4 rings (SSSR count). The third-order valence-corrected chi connectivity index (χ3v) is 7.26. The fourth-order valence-corrected chi connectivity index (χ4v) is 4.76. The normalized spacial score (nSPS) is 12.0. The van der Waals surface area contributed by atoms with Crippen LogP contribution in [0, 0.1) is 3.95 Å². The van der Waals surface area contributed by atoms with Gasteiger partial charge in [-0.1, -0.05) is 74.6 Å². The first-order valence-electron chi connectivity index (χ1n) is 12.8. The second-order valence-corrected chi connectivity index (χ2v) is 12.0. The van der Waals surface area contributed by atoms with Gasteiger partial charge in [-0.15, -0.1) is 5.10 Å². The molecule has 0 spiro atoms. The molecule has 0 aliphatic carbocycles. The van der Waals surface area contributed by atoms with Gasteiger partial charge in [0.15, 0.2) is 9.74 Å². The van der Waals surface area contributed by atoms with E-state index in [-0.39, 0.29) is 29.6 Å². The van der Waals surface area contributed by atoms with Crippen LogP contribution in [0.4, 0.5) is 10.8 Å². The number of aromatic amines is 1. The Morgan fingerprint density at radius 3 is 2.15 bits per heavy atom. The van der Waals surface area contributed by atoms with E-state index >= 15 is 0 Å². The van der Waals surface area contributed by atoms with Crippen molar-refractivity contribution in [2.45, 2.75) is 38.6 Å². The molecule has 4 N–H and O–H groups in total. The van der Waals surface area contributed by atoms with E-state index in [1.54, 1.807) is 24.3 Å². The van der Waals surface area contributed by atoms with Crippen LogP contribution in [-0.2, 0) is 16.6 Å². The number of nitrogens with zero attached hydrogens (tertiary/aromatic N) is 1. The summed E-state index contributed by atoms with van der Waals surface area (Å²) < 4.78 is 0.455. The summed E-state index contributed by atoms with van der Waals surface area (Å²) in [5.74, 6) is -0.725. The van der Waals surface area contributed by atoms with Crippen molar-refractivity contribution in [1.29, 1.82) is 0 Å². The molecule has 0 saturated carbocycles. The number of amides is 2. The van der Waals surface area contributed by atoms with Crippen molar-refractivity contribution >= 4 is 52.0 Å². The number of Topliss-reactive ketones (excluding diaryl/α,β-unsaturated/α-hetero) is 1. The Morgan fingerprint density at radius 1 is 0.900 bits per heavy atom. The maximum absolute atomic E-state index is 13.0. The highest BCUT2D eigenvalue weighted by Gasteiger charge is 2.21. The topological polar surface area (TPSA) is 116 Å². The second-order valence-electron chi connectivity index (χ2n) is 10.3. The van der Waals surface area contributed by atoms with Crippen molar-refractivity contribution in [2.75, 3.05) is 17.2 Å². The van der Waals surface area contributed by atoms with Crippen LogP contribution >= 0.6 is 23.6 Å². The number of hydrogen-bond donors (Lipinski definition) is 4. The van der Waals surface area contributed by atoms with Crippen LogP contribution in [0.15, 0.2) is 78.9 Å². The Balaban J connectivity index is 1.37. The number of carbonyl (C=O) groups excluding carboxylic acids is 3. The lowest BCUT2D eigenvalue weighted by Crippen LogP contribution is -2.44. The Morgan fingerprint density at radius 2 is 1.55 bits per heavy atom. The van der Waals surface area contributed by atoms with Crippen LogP contribution < -0.4 is 16.0 Å². The molecule has 40 heavy (non-hydrogen) atoms. The van der Waals surface area contributed by atoms with E-state index in [1.807, 2.05) is 54.6 Å². The van der Waals surface area contributed by atoms with Gasteiger partial charge in [-0.3, -0.25) is 30.1 Å². The maximum atomic E-state index is 13.0. The molecule has 0 unspecified atom stereocenters. The van der Waals surface area contributed by atoms with Crippen LogP contribution in [0.5, 0.6) is 0 Å². The molecule has 4 aromatic rings. The van der Waals surface area contributed by atoms with Gasteiger partial charge < -0.3 is 5.32 Å². The Hall–Kier alpha value is -3.99. The Labute approximate surface area is 242 Å². The lowest BCUT2D eigenvalue weighted by atomic mass is 9.87. The zero-order chi connectivity index (χ0) is 28.7. The van der Waals surface area contributed by atoms with Crippen molar-refractivity contribution in [3.8, 4) is 0 Å². The SMILES string of the molecule is CC(C)(C)c1ccc(C(=O)Nc2ccc(C(=O)CN[C@@H](Cc3ccccc3)C(=O)Nc3n[nH]c(=S)s3)cc2)cc1. The minimum atomic E-state index is -0.674.